The third kappa shape index (κ3) is 4.21. The van der Waals surface area contributed by atoms with Crippen molar-refractivity contribution in [3.63, 3.8) is 0 Å². The molecule has 0 saturated heterocycles. The summed E-state index contributed by atoms with van der Waals surface area (Å²) in [6, 6.07) is 15.8. The Balaban J connectivity index is 2.00. The highest BCUT2D eigenvalue weighted by atomic mass is 35.5. The molecule has 2 aromatic carbocycles. The highest BCUT2D eigenvalue weighted by Crippen LogP contribution is 2.25. The normalized spacial score (nSPS) is 12.6. The number of likely N-dealkylation sites (N-methyl/N-ethyl adjacent to an activating group) is 1. The minimum Gasteiger partial charge on any atom is -0.508 e. The topological polar surface area (TPSA) is 35.5 Å². The van der Waals surface area contributed by atoms with Crippen LogP contribution in [0, 0.1) is 0 Å². The summed E-state index contributed by atoms with van der Waals surface area (Å²) in [4.78, 5) is 2.18. The van der Waals surface area contributed by atoms with Crippen LogP contribution in [0.1, 0.15) is 17.2 Å². The van der Waals surface area contributed by atoms with Crippen LogP contribution in [-0.4, -0.2) is 30.6 Å². The molecule has 4 heteroatoms. The van der Waals surface area contributed by atoms with Gasteiger partial charge >= 0.3 is 0 Å². The summed E-state index contributed by atoms with van der Waals surface area (Å²) in [5, 5.41) is 13.8. The van der Waals surface area contributed by atoms with E-state index in [4.69, 9.17) is 11.6 Å². The van der Waals surface area contributed by atoms with Gasteiger partial charge in [0.1, 0.15) is 5.75 Å². The van der Waals surface area contributed by atoms with Gasteiger partial charge in [0.15, 0.2) is 0 Å². The van der Waals surface area contributed by atoms with E-state index < -0.39 is 0 Å². The average molecular weight is 305 g/mol. The van der Waals surface area contributed by atoms with Crippen molar-refractivity contribution in [3.8, 4) is 5.75 Å². The van der Waals surface area contributed by atoms with Crippen LogP contribution in [0.5, 0.6) is 5.75 Å². The molecule has 0 spiro atoms. The monoisotopic (exact) mass is 304 g/mol. The second kappa shape index (κ2) is 7.46. The molecule has 0 amide bonds. The highest BCUT2D eigenvalue weighted by molar-refractivity contribution is 6.31. The van der Waals surface area contributed by atoms with Crippen LogP contribution >= 0.6 is 11.6 Å². The number of hydrogen-bond acceptors (Lipinski definition) is 3. The van der Waals surface area contributed by atoms with E-state index in [-0.39, 0.29) is 11.8 Å². The summed E-state index contributed by atoms with van der Waals surface area (Å²) in [5.74, 6) is 0.233. The Labute approximate surface area is 131 Å². The average Bonchev–Trinajstić information content (AvgIpc) is 2.46. The fourth-order valence-electron chi connectivity index (χ4n) is 2.33. The van der Waals surface area contributed by atoms with E-state index in [2.05, 4.69) is 36.4 Å². The number of phenols is 1. The number of nitrogens with zero attached hydrogens (tertiary/aromatic N) is 1. The molecule has 0 aliphatic heterocycles. The van der Waals surface area contributed by atoms with Crippen molar-refractivity contribution in [3.05, 3.63) is 64.7 Å². The minimum absolute atomic E-state index is 0.233. The van der Waals surface area contributed by atoms with Crippen LogP contribution < -0.4 is 5.32 Å². The molecular weight excluding hydrogens is 284 g/mol. The van der Waals surface area contributed by atoms with E-state index in [1.807, 2.05) is 18.2 Å². The zero-order chi connectivity index (χ0) is 15.2. The molecule has 0 bridgehead atoms. The van der Waals surface area contributed by atoms with Crippen molar-refractivity contribution in [1.82, 2.24) is 10.2 Å². The maximum Gasteiger partial charge on any atom is 0.121 e. The van der Waals surface area contributed by atoms with Gasteiger partial charge in [-0.2, -0.15) is 0 Å². The summed E-state index contributed by atoms with van der Waals surface area (Å²) >= 11 is 6.11. The summed E-state index contributed by atoms with van der Waals surface area (Å²) in [6.07, 6.45) is 0. The van der Waals surface area contributed by atoms with Crippen molar-refractivity contribution in [2.45, 2.75) is 12.6 Å². The van der Waals surface area contributed by atoms with Crippen LogP contribution in [0.15, 0.2) is 48.5 Å². The fraction of sp³-hybridized carbons (Fsp3) is 0.294. The third-order valence-corrected chi connectivity index (χ3v) is 3.90. The Bertz CT molecular complexity index is 552. The van der Waals surface area contributed by atoms with Crippen LogP contribution in [-0.2, 0) is 6.54 Å². The SMILES string of the molecule is CN(C)C(CNCc1c(O)cccc1Cl)c1ccccc1. The molecule has 0 heterocycles. The molecule has 0 saturated carbocycles. The summed E-state index contributed by atoms with van der Waals surface area (Å²) in [5.41, 5.74) is 2.00. The van der Waals surface area contributed by atoms with Gasteiger partial charge in [-0.25, -0.2) is 0 Å². The van der Waals surface area contributed by atoms with Gasteiger partial charge in [-0.3, -0.25) is 0 Å². The molecule has 0 fully saturated rings. The third-order valence-electron chi connectivity index (χ3n) is 3.54. The molecular formula is C17H21ClN2O. The van der Waals surface area contributed by atoms with E-state index in [1.165, 1.54) is 5.56 Å². The molecule has 2 aromatic rings. The van der Waals surface area contributed by atoms with Crippen LogP contribution in [0.3, 0.4) is 0 Å². The molecule has 3 nitrogen and oxygen atoms in total. The Kier molecular flexibility index (Phi) is 5.62. The Morgan fingerprint density at radius 1 is 1.10 bits per heavy atom. The van der Waals surface area contributed by atoms with Gasteiger partial charge < -0.3 is 15.3 Å². The van der Waals surface area contributed by atoms with E-state index in [0.29, 0.717) is 11.6 Å². The largest absolute Gasteiger partial charge is 0.508 e. The lowest BCUT2D eigenvalue weighted by Crippen LogP contribution is -2.30. The number of benzene rings is 2. The van der Waals surface area contributed by atoms with Crippen molar-refractivity contribution in [2.75, 3.05) is 20.6 Å². The maximum atomic E-state index is 9.85. The lowest BCUT2D eigenvalue weighted by atomic mass is 10.1. The van der Waals surface area contributed by atoms with E-state index in [1.54, 1.807) is 18.2 Å². The Hall–Kier alpha value is -1.55. The smallest absolute Gasteiger partial charge is 0.121 e. The minimum atomic E-state index is 0.233. The van der Waals surface area contributed by atoms with E-state index in [0.717, 1.165) is 12.1 Å². The van der Waals surface area contributed by atoms with Gasteiger partial charge in [-0.1, -0.05) is 48.0 Å². The van der Waals surface area contributed by atoms with E-state index in [9.17, 15) is 5.11 Å². The molecule has 0 aromatic heterocycles. The van der Waals surface area contributed by atoms with Crippen LogP contribution in [0.4, 0.5) is 0 Å². The van der Waals surface area contributed by atoms with Crippen molar-refractivity contribution in [1.29, 1.82) is 0 Å². The van der Waals surface area contributed by atoms with Gasteiger partial charge in [0.05, 0.1) is 0 Å². The number of rotatable bonds is 6. The first kappa shape index (κ1) is 15.8. The van der Waals surface area contributed by atoms with Crippen LogP contribution in [0.25, 0.3) is 0 Å². The van der Waals surface area contributed by atoms with Gasteiger partial charge in [0, 0.05) is 29.7 Å². The first-order chi connectivity index (χ1) is 10.1. The Morgan fingerprint density at radius 3 is 2.43 bits per heavy atom. The van der Waals surface area contributed by atoms with Crippen molar-refractivity contribution in [2.24, 2.45) is 0 Å². The van der Waals surface area contributed by atoms with Gasteiger partial charge in [-0.15, -0.1) is 0 Å². The van der Waals surface area contributed by atoms with Crippen LogP contribution in [0.2, 0.25) is 5.02 Å². The predicted octanol–water partition coefficient (Wildman–Crippen LogP) is 3.44. The molecule has 0 aliphatic rings. The predicted molar refractivity (Wildman–Crippen MR) is 87.7 cm³/mol. The molecule has 2 rings (SSSR count). The first-order valence-corrected chi connectivity index (χ1v) is 7.36. The standard InChI is InChI=1S/C17H21ClN2O/c1-20(2)16(13-7-4-3-5-8-13)12-19-11-14-15(18)9-6-10-17(14)21/h3-10,16,19,21H,11-12H2,1-2H3. The highest BCUT2D eigenvalue weighted by Gasteiger charge is 2.14. The molecule has 21 heavy (non-hydrogen) atoms. The summed E-state index contributed by atoms with van der Waals surface area (Å²) in [6.45, 7) is 1.32. The second-order valence-electron chi connectivity index (χ2n) is 5.26. The number of aromatic hydroxyl groups is 1. The fourth-order valence-corrected chi connectivity index (χ4v) is 2.57. The van der Waals surface area contributed by atoms with E-state index >= 15 is 0 Å². The number of hydrogen-bond donors (Lipinski definition) is 2. The Morgan fingerprint density at radius 2 is 1.81 bits per heavy atom. The zero-order valence-electron chi connectivity index (χ0n) is 12.4. The van der Waals surface area contributed by atoms with Gasteiger partial charge in [0.2, 0.25) is 0 Å². The second-order valence-corrected chi connectivity index (χ2v) is 5.67. The molecule has 0 aliphatic carbocycles. The van der Waals surface area contributed by atoms with Gasteiger partial charge in [0.25, 0.3) is 0 Å². The van der Waals surface area contributed by atoms with Crippen molar-refractivity contribution >= 4 is 11.6 Å². The molecule has 1 unspecified atom stereocenters. The zero-order valence-corrected chi connectivity index (χ0v) is 13.1. The maximum absolute atomic E-state index is 9.85. The number of halogens is 1. The molecule has 1 atom stereocenters. The molecule has 112 valence electrons. The quantitative estimate of drug-likeness (QED) is 0.858. The van der Waals surface area contributed by atoms with Crippen molar-refractivity contribution < 1.29 is 5.11 Å². The number of phenolic OH excluding ortho intramolecular Hbond substituents is 1. The number of nitrogens with one attached hydrogen (secondary N) is 1. The molecule has 0 radical (unpaired) electrons. The summed E-state index contributed by atoms with van der Waals surface area (Å²) in [7, 11) is 4.12. The summed E-state index contributed by atoms with van der Waals surface area (Å²) < 4.78 is 0. The first-order valence-electron chi connectivity index (χ1n) is 6.98. The lowest BCUT2D eigenvalue weighted by molar-refractivity contribution is 0.288. The molecule has 2 N–H and O–H groups in total. The van der Waals surface area contributed by atoms with Gasteiger partial charge in [-0.05, 0) is 31.8 Å². The lowest BCUT2D eigenvalue weighted by Gasteiger charge is -2.25.